The molecule has 5 rings (SSSR count). The highest BCUT2D eigenvalue weighted by molar-refractivity contribution is 5.79. The first-order valence-corrected chi connectivity index (χ1v) is 15.1. The lowest BCUT2D eigenvalue weighted by atomic mass is 9.74. The van der Waals surface area contributed by atoms with Gasteiger partial charge in [-0.25, -0.2) is 0 Å². The largest absolute Gasteiger partial charge is 0.416 e. The van der Waals surface area contributed by atoms with E-state index in [2.05, 4.69) is 40.6 Å². The number of rotatable bonds is 7. The molecule has 2 heterocycles. The van der Waals surface area contributed by atoms with E-state index in [1.54, 1.807) is 4.90 Å². The normalized spacial score (nSPS) is 20.9. The minimum absolute atomic E-state index is 0.00937. The van der Waals surface area contributed by atoms with Crippen LogP contribution in [-0.2, 0) is 33.9 Å². The zero-order valence-corrected chi connectivity index (χ0v) is 24.6. The van der Waals surface area contributed by atoms with Crippen molar-refractivity contribution in [2.45, 2.75) is 63.3 Å². The van der Waals surface area contributed by atoms with Gasteiger partial charge in [0.15, 0.2) is 0 Å². The Bertz CT molecular complexity index is 1360. The van der Waals surface area contributed by atoms with Gasteiger partial charge >= 0.3 is 12.4 Å². The monoisotopic (exact) mass is 621 g/mol. The van der Waals surface area contributed by atoms with Gasteiger partial charge in [-0.05, 0) is 92.5 Å². The molecule has 0 saturated carbocycles. The number of halogens is 6. The molecular formula is C33H37F6N3O2. The fourth-order valence-electron chi connectivity index (χ4n) is 7.02. The van der Waals surface area contributed by atoms with E-state index in [1.807, 2.05) is 6.07 Å². The number of alkyl halides is 6. The zero-order valence-electron chi connectivity index (χ0n) is 24.6. The lowest BCUT2D eigenvalue weighted by Crippen LogP contribution is -2.47. The van der Waals surface area contributed by atoms with Gasteiger partial charge in [0, 0.05) is 37.9 Å². The van der Waals surface area contributed by atoms with Crippen LogP contribution in [0.15, 0.2) is 48.5 Å². The van der Waals surface area contributed by atoms with E-state index < -0.39 is 41.8 Å². The van der Waals surface area contributed by atoms with Crippen molar-refractivity contribution in [3.63, 3.8) is 0 Å². The van der Waals surface area contributed by atoms with Crippen LogP contribution in [0.2, 0.25) is 0 Å². The average molecular weight is 622 g/mol. The molecule has 1 N–H and O–H groups in total. The number of likely N-dealkylation sites (tertiary alicyclic amines) is 2. The third-order valence-corrected chi connectivity index (χ3v) is 9.51. The topological polar surface area (TPSA) is 52.7 Å². The van der Waals surface area contributed by atoms with Crippen LogP contribution in [0, 0.1) is 11.8 Å². The second-order valence-electron chi connectivity index (χ2n) is 12.3. The summed E-state index contributed by atoms with van der Waals surface area (Å²) in [5.41, 5.74) is -0.519. The molecule has 238 valence electrons. The van der Waals surface area contributed by atoms with Gasteiger partial charge in [-0.3, -0.25) is 9.59 Å². The van der Waals surface area contributed by atoms with E-state index in [1.165, 1.54) is 18.1 Å². The summed E-state index contributed by atoms with van der Waals surface area (Å²) in [5.74, 6) is -1.23. The van der Waals surface area contributed by atoms with Crippen molar-refractivity contribution in [1.29, 1.82) is 0 Å². The van der Waals surface area contributed by atoms with E-state index in [4.69, 9.17) is 0 Å². The molecule has 0 aromatic heterocycles. The molecule has 1 spiro atoms. The summed E-state index contributed by atoms with van der Waals surface area (Å²) in [5, 5.41) is 2.63. The van der Waals surface area contributed by atoms with Gasteiger partial charge < -0.3 is 15.1 Å². The maximum atomic E-state index is 13.6. The highest BCUT2D eigenvalue weighted by Gasteiger charge is 2.40. The second kappa shape index (κ2) is 12.6. The highest BCUT2D eigenvalue weighted by atomic mass is 19.4. The Kier molecular flexibility index (Phi) is 9.16. The lowest BCUT2D eigenvalue weighted by Gasteiger charge is -2.40. The smallest absolute Gasteiger partial charge is 0.352 e. The first kappa shape index (κ1) is 32.1. The van der Waals surface area contributed by atoms with Crippen molar-refractivity contribution >= 4 is 17.9 Å². The Morgan fingerprint density at radius 1 is 0.977 bits per heavy atom. The Hall–Kier alpha value is -3.34. The Morgan fingerprint density at radius 3 is 2.27 bits per heavy atom. The number of allylic oxidation sites excluding steroid dienone is 1. The third-order valence-electron chi connectivity index (χ3n) is 9.51. The predicted molar refractivity (Wildman–Crippen MR) is 154 cm³/mol. The summed E-state index contributed by atoms with van der Waals surface area (Å²) in [4.78, 5) is 29.7. The molecule has 2 aliphatic heterocycles. The Labute approximate surface area is 253 Å². The van der Waals surface area contributed by atoms with Crippen LogP contribution in [0.3, 0.4) is 0 Å². The molecule has 2 fully saturated rings. The van der Waals surface area contributed by atoms with Gasteiger partial charge in [-0.2, -0.15) is 26.3 Å². The van der Waals surface area contributed by atoms with E-state index in [9.17, 15) is 35.9 Å². The van der Waals surface area contributed by atoms with Crippen LogP contribution in [0.4, 0.5) is 26.3 Å². The summed E-state index contributed by atoms with van der Waals surface area (Å²) >= 11 is 0. The van der Waals surface area contributed by atoms with Crippen LogP contribution < -0.4 is 5.32 Å². The SMILES string of the molecule is CC(=O)N1CCCC(C(CCN2CCC3(C=Cc4ccccc43)CC2)C(=O)NCc2cc(C(F)(F)F)cc(C(F)(F)F)c2)C1. The maximum Gasteiger partial charge on any atom is 0.416 e. The van der Waals surface area contributed by atoms with E-state index in [0.717, 1.165) is 25.9 Å². The lowest BCUT2D eigenvalue weighted by molar-refractivity contribution is -0.143. The minimum atomic E-state index is -4.97. The number of hydrogen-bond donors (Lipinski definition) is 1. The Balaban J connectivity index is 1.27. The first-order chi connectivity index (χ1) is 20.7. The summed E-state index contributed by atoms with van der Waals surface area (Å²) in [6, 6.07) is 9.74. The number of nitrogens with one attached hydrogen (secondary N) is 1. The highest BCUT2D eigenvalue weighted by Crippen LogP contribution is 2.44. The number of amides is 2. The maximum absolute atomic E-state index is 13.6. The molecule has 0 radical (unpaired) electrons. The molecule has 2 atom stereocenters. The molecule has 2 aromatic rings. The van der Waals surface area contributed by atoms with Crippen molar-refractivity contribution in [2.24, 2.45) is 11.8 Å². The summed E-state index contributed by atoms with van der Waals surface area (Å²) in [7, 11) is 0. The average Bonchev–Trinajstić information content (AvgIpc) is 3.34. The van der Waals surface area contributed by atoms with Crippen molar-refractivity contribution in [3.8, 4) is 0 Å². The van der Waals surface area contributed by atoms with Gasteiger partial charge in [-0.15, -0.1) is 0 Å². The van der Waals surface area contributed by atoms with Gasteiger partial charge in [0.05, 0.1) is 11.1 Å². The zero-order chi connectivity index (χ0) is 31.7. The van der Waals surface area contributed by atoms with Crippen LogP contribution in [0.5, 0.6) is 0 Å². The molecule has 5 nitrogen and oxygen atoms in total. The predicted octanol–water partition coefficient (Wildman–Crippen LogP) is 6.67. The second-order valence-corrected chi connectivity index (χ2v) is 12.3. The van der Waals surface area contributed by atoms with Crippen molar-refractivity contribution in [2.75, 3.05) is 32.7 Å². The molecule has 1 aliphatic carbocycles. The van der Waals surface area contributed by atoms with Gasteiger partial charge in [0.2, 0.25) is 11.8 Å². The first-order valence-electron chi connectivity index (χ1n) is 15.1. The van der Waals surface area contributed by atoms with Crippen LogP contribution in [0.25, 0.3) is 6.08 Å². The molecule has 2 aromatic carbocycles. The minimum Gasteiger partial charge on any atom is -0.352 e. The number of nitrogens with zero attached hydrogens (tertiary/aromatic N) is 2. The van der Waals surface area contributed by atoms with E-state index in [0.29, 0.717) is 51.0 Å². The fourth-order valence-corrected chi connectivity index (χ4v) is 7.02. The number of fused-ring (bicyclic) bond motifs is 2. The standard InChI is InChI=1S/C33H37F6N3O2/c1-22(43)42-13-4-6-25(21-42)28(9-14-41-15-11-31(12-16-41)10-8-24-5-2-3-7-29(24)31)30(44)40-20-23-17-26(32(34,35)36)19-27(18-23)33(37,38)39/h2-3,5,7-8,10,17-19,25,28H,4,6,9,11-16,20-21H2,1H3,(H,40,44). The molecule has 3 aliphatic rings. The van der Waals surface area contributed by atoms with Gasteiger partial charge in [0.1, 0.15) is 0 Å². The Morgan fingerprint density at radius 2 is 1.64 bits per heavy atom. The van der Waals surface area contributed by atoms with Gasteiger partial charge in [0.25, 0.3) is 0 Å². The van der Waals surface area contributed by atoms with Crippen LogP contribution in [0.1, 0.15) is 66.8 Å². The molecule has 0 bridgehead atoms. The third kappa shape index (κ3) is 7.14. The van der Waals surface area contributed by atoms with E-state index >= 15 is 0 Å². The van der Waals surface area contributed by atoms with Crippen molar-refractivity contribution < 1.29 is 35.9 Å². The molecule has 2 unspecified atom stereocenters. The molecule has 2 saturated heterocycles. The molecular weight excluding hydrogens is 584 g/mol. The number of carbonyl (C=O) groups is 2. The summed E-state index contributed by atoms with van der Waals surface area (Å²) in [6.07, 6.45) is -1.69. The summed E-state index contributed by atoms with van der Waals surface area (Å²) in [6.45, 7) is 4.28. The molecule has 44 heavy (non-hydrogen) atoms. The van der Waals surface area contributed by atoms with Crippen LogP contribution in [-0.4, -0.2) is 54.3 Å². The fraction of sp³-hybridized carbons (Fsp3) is 0.515. The quantitative estimate of drug-likeness (QED) is 0.352. The molecule has 2 amide bonds. The number of carbonyl (C=O) groups excluding carboxylic acids is 2. The summed E-state index contributed by atoms with van der Waals surface area (Å²) < 4.78 is 80.2. The van der Waals surface area contributed by atoms with Crippen molar-refractivity contribution in [3.05, 3.63) is 76.4 Å². The van der Waals surface area contributed by atoms with E-state index in [-0.39, 0.29) is 28.9 Å². The van der Waals surface area contributed by atoms with Crippen molar-refractivity contribution in [1.82, 2.24) is 15.1 Å². The van der Waals surface area contributed by atoms with Gasteiger partial charge in [-0.1, -0.05) is 36.4 Å². The number of piperidine rings is 2. The number of benzene rings is 2. The molecule has 11 heteroatoms. The number of hydrogen-bond acceptors (Lipinski definition) is 3. The van der Waals surface area contributed by atoms with Crippen LogP contribution >= 0.6 is 0 Å².